The molecule has 106 valence electrons. The van der Waals surface area contributed by atoms with Gasteiger partial charge in [-0.3, -0.25) is 0 Å². The van der Waals surface area contributed by atoms with Crippen LogP contribution >= 0.6 is 0 Å². The molecule has 0 radical (unpaired) electrons. The normalized spacial score (nSPS) is 10.6. The Hall–Kier alpha value is -1.65. The first kappa shape index (κ1) is 15.4. The van der Waals surface area contributed by atoms with E-state index in [1.54, 1.807) is 13.0 Å². The first-order valence-electron chi connectivity index (χ1n) is 6.08. The van der Waals surface area contributed by atoms with Gasteiger partial charge in [-0.15, -0.1) is 6.58 Å². The molecule has 0 aliphatic heterocycles. The van der Waals surface area contributed by atoms with E-state index in [2.05, 4.69) is 6.58 Å². The van der Waals surface area contributed by atoms with Gasteiger partial charge in [-0.2, -0.15) is 0 Å². The Balaban J connectivity index is 2.91. The second-order valence-corrected chi connectivity index (χ2v) is 3.80. The summed E-state index contributed by atoms with van der Waals surface area (Å²) in [6.07, 6.45) is 0.107. The highest BCUT2D eigenvalue weighted by atomic mass is 19.3. The molecule has 0 amide bonds. The summed E-state index contributed by atoms with van der Waals surface area (Å²) in [5.74, 6) is -1.38. The van der Waals surface area contributed by atoms with Gasteiger partial charge < -0.3 is 9.47 Å². The lowest BCUT2D eigenvalue weighted by atomic mass is 10.1. The Morgan fingerprint density at radius 3 is 2.53 bits per heavy atom. The zero-order valence-corrected chi connectivity index (χ0v) is 10.8. The summed E-state index contributed by atoms with van der Waals surface area (Å²) in [5, 5.41) is 0. The SMILES string of the molecule is C=CCCCOc1ccc(OCC)c(F)c1C(F)F. The molecule has 1 rings (SSSR count). The zero-order chi connectivity index (χ0) is 14.3. The molecular weight excluding hydrogens is 257 g/mol. The number of allylic oxidation sites excluding steroid dienone is 1. The van der Waals surface area contributed by atoms with Gasteiger partial charge in [-0.05, 0) is 31.9 Å². The summed E-state index contributed by atoms with van der Waals surface area (Å²) < 4.78 is 49.8. The van der Waals surface area contributed by atoms with Crippen molar-refractivity contribution in [2.75, 3.05) is 13.2 Å². The molecule has 0 spiro atoms. The van der Waals surface area contributed by atoms with Crippen molar-refractivity contribution in [3.63, 3.8) is 0 Å². The van der Waals surface area contributed by atoms with E-state index in [0.29, 0.717) is 12.8 Å². The average molecular weight is 274 g/mol. The predicted octanol–water partition coefficient (Wildman–Crippen LogP) is 4.51. The number of alkyl halides is 2. The van der Waals surface area contributed by atoms with Crippen molar-refractivity contribution < 1.29 is 22.6 Å². The van der Waals surface area contributed by atoms with Gasteiger partial charge in [-0.25, -0.2) is 13.2 Å². The summed E-state index contributed by atoms with van der Waals surface area (Å²) in [7, 11) is 0. The number of ether oxygens (including phenoxy) is 2. The van der Waals surface area contributed by atoms with Crippen LogP contribution in [0.3, 0.4) is 0 Å². The van der Waals surface area contributed by atoms with Crippen LogP contribution in [-0.4, -0.2) is 13.2 Å². The summed E-state index contributed by atoms with van der Waals surface area (Å²) in [5.41, 5.74) is -0.746. The van der Waals surface area contributed by atoms with E-state index in [-0.39, 0.29) is 24.7 Å². The molecule has 0 aromatic heterocycles. The Morgan fingerprint density at radius 1 is 1.26 bits per heavy atom. The highest BCUT2D eigenvalue weighted by Gasteiger charge is 2.23. The van der Waals surface area contributed by atoms with Crippen molar-refractivity contribution in [2.24, 2.45) is 0 Å². The van der Waals surface area contributed by atoms with Gasteiger partial charge in [0.25, 0.3) is 6.43 Å². The Labute approximate surface area is 110 Å². The highest BCUT2D eigenvalue weighted by molar-refractivity contribution is 5.42. The van der Waals surface area contributed by atoms with E-state index in [4.69, 9.17) is 9.47 Å². The van der Waals surface area contributed by atoms with Crippen molar-refractivity contribution in [3.05, 3.63) is 36.2 Å². The smallest absolute Gasteiger partial charge is 0.270 e. The second kappa shape index (κ2) is 7.71. The maximum atomic E-state index is 13.8. The highest BCUT2D eigenvalue weighted by Crippen LogP contribution is 2.36. The van der Waals surface area contributed by atoms with Crippen LogP contribution < -0.4 is 9.47 Å². The van der Waals surface area contributed by atoms with E-state index >= 15 is 0 Å². The minimum atomic E-state index is -2.95. The largest absolute Gasteiger partial charge is 0.493 e. The topological polar surface area (TPSA) is 18.5 Å². The lowest BCUT2D eigenvalue weighted by Crippen LogP contribution is -2.05. The van der Waals surface area contributed by atoms with Crippen LogP contribution in [0.5, 0.6) is 11.5 Å². The minimum absolute atomic E-state index is 0.139. The summed E-state index contributed by atoms with van der Waals surface area (Å²) in [6.45, 7) is 5.64. The molecular formula is C14H17F3O2. The summed E-state index contributed by atoms with van der Waals surface area (Å²) in [6, 6.07) is 2.61. The number of unbranched alkanes of at least 4 members (excludes halogenated alkanes) is 1. The van der Waals surface area contributed by atoms with Gasteiger partial charge in [0, 0.05) is 0 Å². The molecule has 0 saturated heterocycles. The first-order chi connectivity index (χ1) is 9.11. The third kappa shape index (κ3) is 4.19. The standard InChI is InChI=1S/C14H17F3O2/c1-3-5-6-9-19-10-7-8-11(18-4-2)13(15)12(10)14(16)17/h3,7-8,14H,1,4-6,9H2,2H3. The van der Waals surface area contributed by atoms with Crippen molar-refractivity contribution >= 4 is 0 Å². The zero-order valence-electron chi connectivity index (χ0n) is 10.8. The Kier molecular flexibility index (Phi) is 6.25. The third-order valence-electron chi connectivity index (χ3n) is 2.43. The van der Waals surface area contributed by atoms with Gasteiger partial charge in [0.15, 0.2) is 11.6 Å². The number of hydrogen-bond acceptors (Lipinski definition) is 2. The molecule has 0 heterocycles. The van der Waals surface area contributed by atoms with Gasteiger partial charge in [-0.1, -0.05) is 6.08 Å². The van der Waals surface area contributed by atoms with Crippen LogP contribution in [0.2, 0.25) is 0 Å². The van der Waals surface area contributed by atoms with Crippen molar-refractivity contribution in [2.45, 2.75) is 26.2 Å². The fraction of sp³-hybridized carbons (Fsp3) is 0.429. The third-order valence-corrected chi connectivity index (χ3v) is 2.43. The van der Waals surface area contributed by atoms with Gasteiger partial charge in [0.1, 0.15) is 5.75 Å². The van der Waals surface area contributed by atoms with E-state index in [0.717, 1.165) is 0 Å². The fourth-order valence-electron chi connectivity index (χ4n) is 1.56. The van der Waals surface area contributed by atoms with E-state index in [1.165, 1.54) is 12.1 Å². The predicted molar refractivity (Wildman–Crippen MR) is 67.5 cm³/mol. The van der Waals surface area contributed by atoms with Gasteiger partial charge in [0.05, 0.1) is 18.8 Å². The maximum Gasteiger partial charge on any atom is 0.270 e. The molecule has 0 N–H and O–H groups in total. The number of benzene rings is 1. The molecule has 0 fully saturated rings. The van der Waals surface area contributed by atoms with Gasteiger partial charge >= 0.3 is 0 Å². The molecule has 0 bridgehead atoms. The van der Waals surface area contributed by atoms with Crippen molar-refractivity contribution in [3.8, 4) is 11.5 Å². The van der Waals surface area contributed by atoms with Crippen LogP contribution in [0.15, 0.2) is 24.8 Å². The van der Waals surface area contributed by atoms with Crippen molar-refractivity contribution in [1.29, 1.82) is 0 Å². The van der Waals surface area contributed by atoms with Crippen molar-refractivity contribution in [1.82, 2.24) is 0 Å². The van der Waals surface area contributed by atoms with Crippen LogP contribution in [0.1, 0.15) is 31.8 Å². The molecule has 2 nitrogen and oxygen atoms in total. The monoisotopic (exact) mass is 274 g/mol. The first-order valence-corrected chi connectivity index (χ1v) is 6.08. The molecule has 5 heteroatoms. The molecule has 0 unspecified atom stereocenters. The van der Waals surface area contributed by atoms with Crippen LogP contribution in [0.4, 0.5) is 13.2 Å². The van der Waals surface area contributed by atoms with Crippen LogP contribution in [0, 0.1) is 5.82 Å². The molecule has 19 heavy (non-hydrogen) atoms. The summed E-state index contributed by atoms with van der Waals surface area (Å²) in [4.78, 5) is 0. The molecule has 1 aromatic rings. The second-order valence-electron chi connectivity index (χ2n) is 3.80. The van der Waals surface area contributed by atoms with Crippen LogP contribution in [0.25, 0.3) is 0 Å². The molecule has 0 aliphatic carbocycles. The maximum absolute atomic E-state index is 13.8. The summed E-state index contributed by atoms with van der Waals surface area (Å²) >= 11 is 0. The van der Waals surface area contributed by atoms with Gasteiger partial charge in [0.2, 0.25) is 0 Å². The van der Waals surface area contributed by atoms with Crippen LogP contribution in [-0.2, 0) is 0 Å². The molecule has 0 atom stereocenters. The van der Waals surface area contributed by atoms with E-state index < -0.39 is 17.8 Å². The Bertz CT molecular complexity index is 419. The molecule has 0 saturated carbocycles. The lowest BCUT2D eigenvalue weighted by Gasteiger charge is -2.14. The van der Waals surface area contributed by atoms with E-state index in [9.17, 15) is 13.2 Å². The lowest BCUT2D eigenvalue weighted by molar-refractivity contribution is 0.138. The Morgan fingerprint density at radius 2 is 1.95 bits per heavy atom. The molecule has 0 aliphatic rings. The minimum Gasteiger partial charge on any atom is -0.493 e. The average Bonchev–Trinajstić information content (AvgIpc) is 2.37. The molecule has 1 aromatic carbocycles. The fourth-order valence-corrected chi connectivity index (χ4v) is 1.56. The van der Waals surface area contributed by atoms with E-state index in [1.807, 2.05) is 0 Å². The number of rotatable bonds is 8. The number of halogens is 3. The number of hydrogen-bond donors (Lipinski definition) is 0. The quantitative estimate of drug-likeness (QED) is 0.513.